The average molecular weight is 334 g/mol. The van der Waals surface area contributed by atoms with Crippen LogP contribution >= 0.6 is 0 Å². The minimum absolute atomic E-state index is 0.0356. The van der Waals surface area contributed by atoms with Crippen molar-refractivity contribution < 1.29 is 12.8 Å². The summed E-state index contributed by atoms with van der Waals surface area (Å²) in [6.07, 6.45) is 2.06. The SMILES string of the molecule is Cc1ccc(S(=O)(=O)c2nc(C)oc2N2CCC(C)CC2)cc1. The summed E-state index contributed by atoms with van der Waals surface area (Å²) in [7, 11) is -3.67. The topological polar surface area (TPSA) is 63.4 Å². The van der Waals surface area contributed by atoms with E-state index in [1.54, 1.807) is 31.2 Å². The normalized spacial score (nSPS) is 16.7. The van der Waals surface area contributed by atoms with Crippen LogP contribution < -0.4 is 4.90 Å². The molecule has 0 radical (unpaired) electrons. The Balaban J connectivity index is 2.01. The second-order valence-corrected chi connectivity index (χ2v) is 8.19. The van der Waals surface area contributed by atoms with Gasteiger partial charge in [-0.2, -0.15) is 4.98 Å². The van der Waals surface area contributed by atoms with E-state index in [4.69, 9.17) is 4.42 Å². The van der Waals surface area contributed by atoms with Gasteiger partial charge < -0.3 is 9.32 Å². The van der Waals surface area contributed by atoms with Crippen LogP contribution in [0.5, 0.6) is 0 Å². The Hall–Kier alpha value is -1.82. The summed E-state index contributed by atoms with van der Waals surface area (Å²) < 4.78 is 31.5. The third kappa shape index (κ3) is 3.13. The first kappa shape index (κ1) is 16.1. The predicted octanol–water partition coefficient (Wildman–Crippen LogP) is 3.36. The van der Waals surface area contributed by atoms with Gasteiger partial charge in [-0.05, 0) is 37.8 Å². The standard InChI is InChI=1S/C17H22N2O3S/c1-12-4-6-15(7-5-12)23(20,21)16-17(22-14(3)18-16)19-10-8-13(2)9-11-19/h4-7,13H,8-11H2,1-3H3. The summed E-state index contributed by atoms with van der Waals surface area (Å²) in [5, 5.41) is 0.0356. The van der Waals surface area contributed by atoms with Gasteiger partial charge in [0, 0.05) is 20.0 Å². The number of aryl methyl sites for hydroxylation is 2. The number of hydrogen-bond donors (Lipinski definition) is 0. The van der Waals surface area contributed by atoms with Crippen LogP contribution in [0.15, 0.2) is 38.6 Å². The average Bonchev–Trinajstić information content (AvgIpc) is 2.91. The molecular formula is C17H22N2O3S. The van der Waals surface area contributed by atoms with Crippen molar-refractivity contribution in [1.29, 1.82) is 0 Å². The van der Waals surface area contributed by atoms with E-state index in [0.29, 0.717) is 17.7 Å². The fourth-order valence-corrected chi connectivity index (χ4v) is 4.18. The van der Waals surface area contributed by atoms with Crippen LogP contribution in [0.1, 0.15) is 31.2 Å². The molecule has 1 saturated heterocycles. The zero-order valence-electron chi connectivity index (χ0n) is 13.7. The lowest BCUT2D eigenvalue weighted by Gasteiger charge is -2.30. The summed E-state index contributed by atoms with van der Waals surface area (Å²) in [5.41, 5.74) is 1.02. The van der Waals surface area contributed by atoms with E-state index in [1.165, 1.54) is 0 Å². The van der Waals surface area contributed by atoms with Gasteiger partial charge in [-0.3, -0.25) is 0 Å². The molecule has 0 amide bonds. The van der Waals surface area contributed by atoms with Crippen molar-refractivity contribution in [3.05, 3.63) is 35.7 Å². The fourth-order valence-electron chi connectivity index (χ4n) is 2.81. The Kier molecular flexibility index (Phi) is 4.19. The van der Waals surface area contributed by atoms with Gasteiger partial charge in [-0.15, -0.1) is 0 Å². The van der Waals surface area contributed by atoms with Crippen LogP contribution in [-0.2, 0) is 9.84 Å². The number of piperidine rings is 1. The van der Waals surface area contributed by atoms with Crippen molar-refractivity contribution in [2.24, 2.45) is 5.92 Å². The van der Waals surface area contributed by atoms with Crippen molar-refractivity contribution >= 4 is 15.7 Å². The van der Waals surface area contributed by atoms with Gasteiger partial charge in [-0.1, -0.05) is 24.6 Å². The monoisotopic (exact) mass is 334 g/mol. The highest BCUT2D eigenvalue weighted by Crippen LogP contribution is 2.33. The molecule has 0 aliphatic carbocycles. The Morgan fingerprint density at radius 2 is 1.74 bits per heavy atom. The zero-order valence-corrected chi connectivity index (χ0v) is 14.6. The van der Waals surface area contributed by atoms with Crippen molar-refractivity contribution in [3.63, 3.8) is 0 Å². The highest BCUT2D eigenvalue weighted by Gasteiger charge is 2.31. The minimum atomic E-state index is -3.67. The maximum Gasteiger partial charge on any atom is 0.236 e. The maximum absolute atomic E-state index is 12.9. The second-order valence-electron chi connectivity index (χ2n) is 6.33. The molecule has 124 valence electrons. The fraction of sp³-hybridized carbons (Fsp3) is 0.471. The first-order valence-corrected chi connectivity index (χ1v) is 9.40. The van der Waals surface area contributed by atoms with Gasteiger partial charge >= 0.3 is 0 Å². The molecule has 6 heteroatoms. The van der Waals surface area contributed by atoms with E-state index in [-0.39, 0.29) is 9.92 Å². The van der Waals surface area contributed by atoms with Gasteiger partial charge in [0.2, 0.25) is 20.7 Å². The summed E-state index contributed by atoms with van der Waals surface area (Å²) in [6, 6.07) is 6.83. The molecule has 2 heterocycles. The number of hydrogen-bond acceptors (Lipinski definition) is 5. The molecule has 0 unspecified atom stereocenters. The molecule has 2 aromatic rings. The highest BCUT2D eigenvalue weighted by molar-refractivity contribution is 7.91. The molecule has 1 aromatic carbocycles. The molecule has 0 atom stereocenters. The van der Waals surface area contributed by atoms with Gasteiger partial charge in [0.05, 0.1) is 4.90 Å². The lowest BCUT2D eigenvalue weighted by atomic mass is 9.99. The Morgan fingerprint density at radius 3 is 2.35 bits per heavy atom. The first-order chi connectivity index (χ1) is 10.9. The van der Waals surface area contributed by atoms with Gasteiger partial charge in [-0.25, -0.2) is 8.42 Å². The molecule has 0 saturated carbocycles. The van der Waals surface area contributed by atoms with E-state index in [1.807, 2.05) is 11.8 Å². The third-order valence-electron chi connectivity index (χ3n) is 4.34. The molecule has 1 aliphatic heterocycles. The maximum atomic E-state index is 12.9. The van der Waals surface area contributed by atoms with E-state index in [0.717, 1.165) is 31.5 Å². The highest BCUT2D eigenvalue weighted by atomic mass is 32.2. The van der Waals surface area contributed by atoms with E-state index >= 15 is 0 Å². The quantitative estimate of drug-likeness (QED) is 0.861. The summed E-state index contributed by atoms with van der Waals surface area (Å²) in [5.74, 6) is 1.42. The second kappa shape index (κ2) is 6.00. The number of benzene rings is 1. The summed E-state index contributed by atoms with van der Waals surface area (Å²) in [6.45, 7) is 7.42. The van der Waals surface area contributed by atoms with Crippen molar-refractivity contribution in [2.75, 3.05) is 18.0 Å². The first-order valence-electron chi connectivity index (χ1n) is 7.92. The van der Waals surface area contributed by atoms with Crippen LogP contribution in [0.2, 0.25) is 0 Å². The third-order valence-corrected chi connectivity index (χ3v) is 6.01. The lowest BCUT2D eigenvalue weighted by Crippen LogP contribution is -2.33. The number of sulfone groups is 1. The molecule has 1 aromatic heterocycles. The molecule has 0 spiro atoms. The molecule has 1 aliphatic rings. The minimum Gasteiger partial charge on any atom is -0.424 e. The number of nitrogens with zero attached hydrogens (tertiary/aromatic N) is 2. The Labute approximate surface area is 137 Å². The number of oxazole rings is 1. The van der Waals surface area contributed by atoms with Crippen molar-refractivity contribution in [3.8, 4) is 0 Å². The summed E-state index contributed by atoms with van der Waals surface area (Å²) in [4.78, 5) is 6.43. The lowest BCUT2D eigenvalue weighted by molar-refractivity contribution is 0.410. The van der Waals surface area contributed by atoms with Crippen LogP contribution in [0.25, 0.3) is 0 Å². The summed E-state index contributed by atoms with van der Waals surface area (Å²) >= 11 is 0. The molecule has 1 fully saturated rings. The van der Waals surface area contributed by atoms with Crippen molar-refractivity contribution in [2.45, 2.75) is 43.5 Å². The van der Waals surface area contributed by atoms with Crippen LogP contribution in [0.3, 0.4) is 0 Å². The molecule has 3 rings (SSSR count). The van der Waals surface area contributed by atoms with E-state index < -0.39 is 9.84 Å². The van der Waals surface area contributed by atoms with Crippen LogP contribution in [0.4, 0.5) is 5.88 Å². The largest absolute Gasteiger partial charge is 0.424 e. The Morgan fingerprint density at radius 1 is 1.13 bits per heavy atom. The molecule has 23 heavy (non-hydrogen) atoms. The number of aromatic nitrogens is 1. The molecule has 0 N–H and O–H groups in total. The number of anilines is 1. The van der Waals surface area contributed by atoms with E-state index in [2.05, 4.69) is 11.9 Å². The van der Waals surface area contributed by atoms with Gasteiger partial charge in [0.25, 0.3) is 0 Å². The smallest absolute Gasteiger partial charge is 0.236 e. The predicted molar refractivity (Wildman–Crippen MR) is 88.5 cm³/mol. The van der Waals surface area contributed by atoms with Crippen LogP contribution in [-0.4, -0.2) is 26.5 Å². The Bertz CT molecular complexity index is 786. The molecule has 0 bridgehead atoms. The number of rotatable bonds is 3. The molecule has 5 nitrogen and oxygen atoms in total. The van der Waals surface area contributed by atoms with Crippen molar-refractivity contribution in [1.82, 2.24) is 4.98 Å². The van der Waals surface area contributed by atoms with Gasteiger partial charge in [0.15, 0.2) is 5.89 Å². The van der Waals surface area contributed by atoms with E-state index in [9.17, 15) is 8.42 Å². The van der Waals surface area contributed by atoms with Gasteiger partial charge in [0.1, 0.15) is 0 Å². The molecular weight excluding hydrogens is 312 g/mol. The van der Waals surface area contributed by atoms with Crippen LogP contribution in [0, 0.1) is 19.8 Å². The zero-order chi connectivity index (χ0) is 16.6.